The molecule has 0 nitrogen and oxygen atoms in total. The largest absolute Gasteiger partial charge is 0.426 e. The second-order valence-electron chi connectivity index (χ2n) is 3.01. The molecule has 0 N–H and O–H groups in total. The number of hydrogen-bond acceptors (Lipinski definition) is 0. The molecule has 0 radical (unpaired) electrons. The van der Waals surface area contributed by atoms with Gasteiger partial charge in [0.25, 0.3) is 0 Å². The molecule has 0 amide bonds. The molecular formula is C9H7BrF4. The van der Waals surface area contributed by atoms with Gasteiger partial charge in [-0.15, -0.1) is 0 Å². The average molecular weight is 271 g/mol. The first-order valence-electron chi connectivity index (χ1n) is 3.77. The molecule has 0 saturated carbocycles. The summed E-state index contributed by atoms with van der Waals surface area (Å²) in [6, 6.07) is 5.13. The second-order valence-corrected chi connectivity index (χ2v) is 3.93. The Hall–Kier alpha value is -0.580. The van der Waals surface area contributed by atoms with Crippen LogP contribution in [-0.4, -0.2) is 6.18 Å². The highest BCUT2D eigenvalue weighted by Gasteiger charge is 2.53. The van der Waals surface area contributed by atoms with Crippen molar-refractivity contribution in [2.24, 2.45) is 0 Å². The molecule has 14 heavy (non-hydrogen) atoms. The van der Waals surface area contributed by atoms with E-state index in [9.17, 15) is 17.6 Å². The van der Waals surface area contributed by atoms with Gasteiger partial charge in [0.2, 0.25) is 5.67 Å². The van der Waals surface area contributed by atoms with Crippen molar-refractivity contribution in [1.29, 1.82) is 0 Å². The van der Waals surface area contributed by atoms with E-state index < -0.39 is 17.4 Å². The second kappa shape index (κ2) is 3.53. The van der Waals surface area contributed by atoms with Crippen molar-refractivity contribution in [1.82, 2.24) is 0 Å². The zero-order valence-corrected chi connectivity index (χ0v) is 8.79. The van der Waals surface area contributed by atoms with Gasteiger partial charge in [0.05, 0.1) is 0 Å². The summed E-state index contributed by atoms with van der Waals surface area (Å²) in [6.45, 7) is 0.509. The number of hydrogen-bond donors (Lipinski definition) is 0. The van der Waals surface area contributed by atoms with Gasteiger partial charge < -0.3 is 0 Å². The lowest BCUT2D eigenvalue weighted by Crippen LogP contribution is -2.34. The van der Waals surface area contributed by atoms with Crippen LogP contribution in [0.25, 0.3) is 0 Å². The van der Waals surface area contributed by atoms with Gasteiger partial charge in [0.15, 0.2) is 0 Å². The normalized spacial score (nSPS) is 16.4. The molecule has 0 aliphatic rings. The lowest BCUT2D eigenvalue weighted by Gasteiger charge is -2.23. The number of halogens is 5. The van der Waals surface area contributed by atoms with E-state index in [-0.39, 0.29) is 0 Å². The molecular weight excluding hydrogens is 264 g/mol. The minimum atomic E-state index is -4.90. The van der Waals surface area contributed by atoms with Crippen molar-refractivity contribution in [2.75, 3.05) is 0 Å². The lowest BCUT2D eigenvalue weighted by molar-refractivity contribution is -0.228. The third kappa shape index (κ3) is 2.08. The number of benzene rings is 1. The molecule has 0 aliphatic carbocycles. The fourth-order valence-corrected chi connectivity index (χ4v) is 1.34. The molecule has 1 atom stereocenters. The quantitative estimate of drug-likeness (QED) is 0.671. The van der Waals surface area contributed by atoms with Crippen molar-refractivity contribution in [3.63, 3.8) is 0 Å². The third-order valence-corrected chi connectivity index (χ3v) is 2.39. The fraction of sp³-hybridized carbons (Fsp3) is 0.333. The van der Waals surface area contributed by atoms with Crippen LogP contribution in [0.4, 0.5) is 17.6 Å². The zero-order chi connectivity index (χ0) is 11.0. The summed E-state index contributed by atoms with van der Waals surface area (Å²) in [6.07, 6.45) is -4.90. The first-order chi connectivity index (χ1) is 6.25. The molecule has 0 aromatic heterocycles. The van der Waals surface area contributed by atoms with Crippen molar-refractivity contribution in [3.05, 3.63) is 34.3 Å². The zero-order valence-electron chi connectivity index (χ0n) is 7.20. The molecule has 1 aromatic rings. The van der Waals surface area contributed by atoms with Crippen LogP contribution in [0.1, 0.15) is 12.5 Å². The van der Waals surface area contributed by atoms with Crippen LogP contribution in [0.2, 0.25) is 0 Å². The van der Waals surface area contributed by atoms with Gasteiger partial charge in [-0.25, -0.2) is 4.39 Å². The Morgan fingerprint density at radius 3 is 2.14 bits per heavy atom. The van der Waals surface area contributed by atoms with E-state index in [4.69, 9.17) is 0 Å². The van der Waals surface area contributed by atoms with Gasteiger partial charge >= 0.3 is 6.18 Å². The first-order valence-corrected chi connectivity index (χ1v) is 4.56. The fourth-order valence-electron chi connectivity index (χ4n) is 0.944. The van der Waals surface area contributed by atoms with Crippen molar-refractivity contribution >= 4 is 15.9 Å². The van der Waals surface area contributed by atoms with Crippen molar-refractivity contribution in [2.45, 2.75) is 18.8 Å². The van der Waals surface area contributed by atoms with E-state index in [1.54, 1.807) is 0 Å². The molecule has 0 spiro atoms. The maximum absolute atomic E-state index is 13.4. The van der Waals surface area contributed by atoms with E-state index in [1.807, 2.05) is 0 Å². The van der Waals surface area contributed by atoms with Crippen LogP contribution in [0, 0.1) is 0 Å². The summed E-state index contributed by atoms with van der Waals surface area (Å²) >= 11 is 2.99. The van der Waals surface area contributed by atoms with E-state index in [2.05, 4.69) is 15.9 Å². The van der Waals surface area contributed by atoms with E-state index in [0.717, 1.165) is 12.1 Å². The highest BCUT2D eigenvalue weighted by molar-refractivity contribution is 9.10. The molecule has 0 saturated heterocycles. The molecule has 1 aromatic carbocycles. The summed E-state index contributed by atoms with van der Waals surface area (Å²) in [5, 5.41) is 0. The third-order valence-electron chi connectivity index (χ3n) is 1.90. The van der Waals surface area contributed by atoms with Crippen LogP contribution in [0.5, 0.6) is 0 Å². The topological polar surface area (TPSA) is 0 Å². The van der Waals surface area contributed by atoms with Gasteiger partial charge in [-0.1, -0.05) is 28.1 Å². The van der Waals surface area contributed by atoms with Crippen LogP contribution in [-0.2, 0) is 5.67 Å². The molecule has 1 rings (SSSR count). The van der Waals surface area contributed by atoms with E-state index >= 15 is 0 Å². The standard InChI is InChI=1S/C9H7BrF4/c1-8(11,9(12,13)14)6-3-2-4-7(10)5-6/h2-5H,1H3. The van der Waals surface area contributed by atoms with Crippen LogP contribution < -0.4 is 0 Å². The smallest absolute Gasteiger partial charge is 0.229 e. The molecule has 0 heterocycles. The summed E-state index contributed by atoms with van der Waals surface area (Å²) in [5.41, 5.74) is -3.71. The number of rotatable bonds is 1. The van der Waals surface area contributed by atoms with Gasteiger partial charge in [0.1, 0.15) is 0 Å². The maximum atomic E-state index is 13.4. The molecule has 0 bridgehead atoms. The predicted octanol–water partition coefficient (Wildman–Crippen LogP) is 4.20. The summed E-state index contributed by atoms with van der Waals surface area (Å²) in [7, 11) is 0. The Morgan fingerprint density at radius 2 is 1.71 bits per heavy atom. The Balaban J connectivity index is 3.16. The molecule has 0 fully saturated rings. The Bertz CT molecular complexity index is 330. The van der Waals surface area contributed by atoms with Gasteiger partial charge in [-0.3, -0.25) is 0 Å². The minimum absolute atomic E-state index is 0.403. The summed E-state index contributed by atoms with van der Waals surface area (Å²) in [4.78, 5) is 0. The molecule has 78 valence electrons. The molecule has 1 unspecified atom stereocenters. The van der Waals surface area contributed by atoms with E-state index in [1.165, 1.54) is 12.1 Å². The van der Waals surface area contributed by atoms with Crippen molar-refractivity contribution < 1.29 is 17.6 Å². The summed E-state index contributed by atoms with van der Waals surface area (Å²) in [5.74, 6) is 0. The van der Waals surface area contributed by atoms with Crippen LogP contribution in [0.15, 0.2) is 28.7 Å². The van der Waals surface area contributed by atoms with E-state index in [0.29, 0.717) is 11.4 Å². The highest BCUT2D eigenvalue weighted by Crippen LogP contribution is 2.42. The van der Waals surface area contributed by atoms with Crippen LogP contribution >= 0.6 is 15.9 Å². The van der Waals surface area contributed by atoms with Gasteiger partial charge in [-0.05, 0) is 24.6 Å². The molecule has 0 aliphatic heterocycles. The average Bonchev–Trinajstić information content (AvgIpc) is 2.02. The Kier molecular flexibility index (Phi) is 2.90. The SMILES string of the molecule is CC(F)(c1cccc(Br)c1)C(F)(F)F. The summed E-state index contributed by atoms with van der Waals surface area (Å²) < 4.78 is 50.6. The van der Waals surface area contributed by atoms with Crippen LogP contribution in [0.3, 0.4) is 0 Å². The lowest BCUT2D eigenvalue weighted by atomic mass is 9.98. The first kappa shape index (κ1) is 11.5. The minimum Gasteiger partial charge on any atom is -0.229 e. The monoisotopic (exact) mass is 270 g/mol. The van der Waals surface area contributed by atoms with Crippen molar-refractivity contribution in [3.8, 4) is 0 Å². The molecule has 5 heteroatoms. The Morgan fingerprint density at radius 1 is 1.14 bits per heavy atom. The Labute approximate surface area is 87.1 Å². The predicted molar refractivity (Wildman–Crippen MR) is 48.7 cm³/mol. The van der Waals surface area contributed by atoms with Gasteiger partial charge in [-0.2, -0.15) is 13.2 Å². The highest BCUT2D eigenvalue weighted by atomic mass is 79.9. The van der Waals surface area contributed by atoms with Gasteiger partial charge in [0, 0.05) is 4.47 Å². The number of alkyl halides is 4. The maximum Gasteiger partial charge on any atom is 0.426 e.